The predicted octanol–water partition coefficient (Wildman–Crippen LogP) is 1.64. The molecule has 1 unspecified atom stereocenters. The van der Waals surface area contributed by atoms with Gasteiger partial charge in [0, 0.05) is 20.6 Å². The molecule has 0 spiro atoms. The van der Waals surface area contributed by atoms with Crippen LogP contribution in [0.5, 0.6) is 0 Å². The van der Waals surface area contributed by atoms with E-state index in [0.29, 0.717) is 0 Å². The van der Waals surface area contributed by atoms with Crippen LogP contribution in [0.2, 0.25) is 0 Å². The molecule has 0 aliphatic rings. The van der Waals surface area contributed by atoms with E-state index in [2.05, 4.69) is 17.4 Å². The highest BCUT2D eigenvalue weighted by Crippen LogP contribution is 2.01. The predicted molar refractivity (Wildman–Crippen MR) is 66.1 cm³/mol. The zero-order valence-electron chi connectivity index (χ0n) is 10.2. The van der Waals surface area contributed by atoms with Crippen molar-refractivity contribution in [2.75, 3.05) is 14.1 Å². The molecule has 0 aliphatic carbocycles. The monoisotopic (exact) mass is 220 g/mol. The third-order valence-corrected chi connectivity index (χ3v) is 2.54. The molecule has 0 heterocycles. The van der Waals surface area contributed by atoms with Crippen LogP contribution in [0.1, 0.15) is 18.9 Å². The number of likely N-dealkylation sites (N-methyl/N-ethyl adjacent to an activating group) is 1. The van der Waals surface area contributed by atoms with Crippen LogP contribution in [-0.2, 0) is 11.3 Å². The summed E-state index contributed by atoms with van der Waals surface area (Å²) in [5.74, 6) is 0.137. The van der Waals surface area contributed by atoms with E-state index in [4.69, 9.17) is 0 Å². The Balaban J connectivity index is 2.49. The summed E-state index contributed by atoms with van der Waals surface area (Å²) in [7, 11) is 3.57. The standard InChI is InChI=1S/C13H20N2O/c1-4-12(13(16)15(2)3)14-10-11-8-6-5-7-9-11/h5-9,12,14H,4,10H2,1-3H3. The zero-order chi connectivity index (χ0) is 12.0. The van der Waals surface area contributed by atoms with E-state index in [0.717, 1.165) is 13.0 Å². The van der Waals surface area contributed by atoms with Crippen molar-refractivity contribution < 1.29 is 4.79 Å². The number of rotatable bonds is 5. The number of hydrogen-bond acceptors (Lipinski definition) is 2. The summed E-state index contributed by atoms with van der Waals surface area (Å²) in [6, 6.07) is 10.0. The van der Waals surface area contributed by atoms with Gasteiger partial charge in [-0.2, -0.15) is 0 Å². The number of hydrogen-bond donors (Lipinski definition) is 1. The molecule has 88 valence electrons. The van der Waals surface area contributed by atoms with Gasteiger partial charge in [-0.1, -0.05) is 37.3 Å². The Morgan fingerprint density at radius 1 is 1.31 bits per heavy atom. The lowest BCUT2D eigenvalue weighted by Gasteiger charge is -2.20. The normalized spacial score (nSPS) is 12.2. The van der Waals surface area contributed by atoms with Crippen LogP contribution < -0.4 is 5.32 Å². The van der Waals surface area contributed by atoms with Gasteiger partial charge in [0.25, 0.3) is 0 Å². The Morgan fingerprint density at radius 3 is 2.44 bits per heavy atom. The van der Waals surface area contributed by atoms with Crippen molar-refractivity contribution in [1.29, 1.82) is 0 Å². The molecule has 0 fully saturated rings. The van der Waals surface area contributed by atoms with Gasteiger partial charge >= 0.3 is 0 Å². The van der Waals surface area contributed by atoms with Crippen molar-refractivity contribution in [1.82, 2.24) is 10.2 Å². The first kappa shape index (κ1) is 12.7. The summed E-state index contributed by atoms with van der Waals surface area (Å²) >= 11 is 0. The lowest BCUT2D eigenvalue weighted by atomic mass is 10.1. The summed E-state index contributed by atoms with van der Waals surface area (Å²) in [6.45, 7) is 2.75. The highest BCUT2D eigenvalue weighted by atomic mass is 16.2. The van der Waals surface area contributed by atoms with E-state index < -0.39 is 0 Å². The summed E-state index contributed by atoms with van der Waals surface area (Å²) in [4.78, 5) is 13.4. The second-order valence-corrected chi connectivity index (χ2v) is 4.06. The maximum absolute atomic E-state index is 11.8. The molecular formula is C13H20N2O. The van der Waals surface area contributed by atoms with Crippen LogP contribution in [0.4, 0.5) is 0 Å². The molecule has 0 saturated heterocycles. The van der Waals surface area contributed by atoms with E-state index in [1.165, 1.54) is 5.56 Å². The number of nitrogens with one attached hydrogen (secondary N) is 1. The maximum Gasteiger partial charge on any atom is 0.239 e. The van der Waals surface area contributed by atoms with Crippen LogP contribution in [0.25, 0.3) is 0 Å². The molecule has 1 atom stereocenters. The van der Waals surface area contributed by atoms with Crippen molar-refractivity contribution in [2.45, 2.75) is 25.9 Å². The quantitative estimate of drug-likeness (QED) is 0.818. The molecule has 1 amide bonds. The highest BCUT2D eigenvalue weighted by Gasteiger charge is 2.16. The first-order chi connectivity index (χ1) is 7.65. The maximum atomic E-state index is 11.8. The van der Waals surface area contributed by atoms with Crippen molar-refractivity contribution in [2.24, 2.45) is 0 Å². The lowest BCUT2D eigenvalue weighted by Crippen LogP contribution is -2.42. The molecule has 0 aliphatic heterocycles. The molecule has 3 nitrogen and oxygen atoms in total. The van der Waals surface area contributed by atoms with E-state index >= 15 is 0 Å². The summed E-state index contributed by atoms with van der Waals surface area (Å²) < 4.78 is 0. The minimum atomic E-state index is -0.0878. The Morgan fingerprint density at radius 2 is 1.94 bits per heavy atom. The van der Waals surface area contributed by atoms with Crippen LogP contribution in [0.15, 0.2) is 30.3 Å². The Kier molecular flexibility index (Phi) is 4.99. The average molecular weight is 220 g/mol. The van der Waals surface area contributed by atoms with Crippen molar-refractivity contribution in [3.63, 3.8) is 0 Å². The van der Waals surface area contributed by atoms with Gasteiger partial charge in [0.05, 0.1) is 6.04 Å². The smallest absolute Gasteiger partial charge is 0.239 e. The number of amides is 1. The van der Waals surface area contributed by atoms with Crippen LogP contribution in [-0.4, -0.2) is 30.9 Å². The molecule has 0 aromatic heterocycles. The Hall–Kier alpha value is -1.35. The second-order valence-electron chi connectivity index (χ2n) is 4.06. The SMILES string of the molecule is CCC(NCc1ccccc1)C(=O)N(C)C. The summed E-state index contributed by atoms with van der Waals surface area (Å²) in [6.07, 6.45) is 0.809. The Labute approximate surface area is 97.5 Å². The van der Waals surface area contributed by atoms with Gasteiger partial charge in [-0.25, -0.2) is 0 Å². The van der Waals surface area contributed by atoms with E-state index in [1.807, 2.05) is 25.1 Å². The fourth-order valence-corrected chi connectivity index (χ4v) is 1.55. The zero-order valence-corrected chi connectivity index (χ0v) is 10.2. The van der Waals surface area contributed by atoms with Crippen molar-refractivity contribution in [3.05, 3.63) is 35.9 Å². The third-order valence-electron chi connectivity index (χ3n) is 2.54. The molecular weight excluding hydrogens is 200 g/mol. The minimum absolute atomic E-state index is 0.0878. The fourth-order valence-electron chi connectivity index (χ4n) is 1.55. The topological polar surface area (TPSA) is 32.3 Å². The third kappa shape index (κ3) is 3.66. The van der Waals surface area contributed by atoms with Crippen molar-refractivity contribution in [3.8, 4) is 0 Å². The Bertz CT molecular complexity index is 322. The van der Waals surface area contributed by atoms with Crippen LogP contribution >= 0.6 is 0 Å². The van der Waals surface area contributed by atoms with Gasteiger partial charge in [-0.3, -0.25) is 4.79 Å². The molecule has 1 rings (SSSR count). The van der Waals surface area contributed by atoms with Crippen LogP contribution in [0.3, 0.4) is 0 Å². The molecule has 1 aromatic rings. The number of carbonyl (C=O) groups is 1. The van der Waals surface area contributed by atoms with Gasteiger partial charge < -0.3 is 10.2 Å². The molecule has 0 bridgehead atoms. The summed E-state index contributed by atoms with van der Waals surface area (Å²) in [5, 5.41) is 3.28. The molecule has 0 radical (unpaired) electrons. The first-order valence-electron chi connectivity index (χ1n) is 5.63. The number of benzene rings is 1. The lowest BCUT2D eigenvalue weighted by molar-refractivity contribution is -0.131. The molecule has 1 aromatic carbocycles. The van der Waals surface area contributed by atoms with Crippen LogP contribution in [0, 0.1) is 0 Å². The average Bonchev–Trinajstić information content (AvgIpc) is 2.30. The molecule has 3 heteroatoms. The van der Waals surface area contributed by atoms with Crippen molar-refractivity contribution >= 4 is 5.91 Å². The molecule has 0 saturated carbocycles. The van der Waals surface area contributed by atoms with E-state index in [1.54, 1.807) is 19.0 Å². The van der Waals surface area contributed by atoms with Gasteiger partial charge in [-0.05, 0) is 12.0 Å². The van der Waals surface area contributed by atoms with Gasteiger partial charge in [-0.15, -0.1) is 0 Å². The number of carbonyl (C=O) groups excluding carboxylic acids is 1. The highest BCUT2D eigenvalue weighted by molar-refractivity contribution is 5.81. The van der Waals surface area contributed by atoms with E-state index in [-0.39, 0.29) is 11.9 Å². The second kappa shape index (κ2) is 6.28. The summed E-state index contributed by atoms with van der Waals surface area (Å²) in [5.41, 5.74) is 1.20. The van der Waals surface area contributed by atoms with E-state index in [9.17, 15) is 4.79 Å². The molecule has 1 N–H and O–H groups in total. The minimum Gasteiger partial charge on any atom is -0.347 e. The molecule has 16 heavy (non-hydrogen) atoms. The first-order valence-corrected chi connectivity index (χ1v) is 5.63. The van der Waals surface area contributed by atoms with Gasteiger partial charge in [0.1, 0.15) is 0 Å². The van der Waals surface area contributed by atoms with Gasteiger partial charge in [0.2, 0.25) is 5.91 Å². The fraction of sp³-hybridized carbons (Fsp3) is 0.462. The van der Waals surface area contributed by atoms with Gasteiger partial charge in [0.15, 0.2) is 0 Å². The largest absolute Gasteiger partial charge is 0.347 e. The number of nitrogens with zero attached hydrogens (tertiary/aromatic N) is 1.